The average Bonchev–Trinajstić information content (AvgIpc) is 3.01. The first kappa shape index (κ1) is 14.6. The number of anilines is 1. The summed E-state index contributed by atoms with van der Waals surface area (Å²) in [6.45, 7) is 3.56. The molecule has 0 aromatic carbocycles. The molecule has 0 aliphatic carbocycles. The van der Waals surface area contributed by atoms with Gasteiger partial charge in [-0.2, -0.15) is 0 Å². The highest BCUT2D eigenvalue weighted by Crippen LogP contribution is 2.28. The molecule has 6 heteroatoms. The summed E-state index contributed by atoms with van der Waals surface area (Å²) in [5, 5.41) is 3.06. The molecule has 0 spiro atoms. The summed E-state index contributed by atoms with van der Waals surface area (Å²) in [7, 11) is 1.61. The second kappa shape index (κ2) is 6.17. The van der Waals surface area contributed by atoms with E-state index in [1.165, 1.54) is 0 Å². The summed E-state index contributed by atoms with van der Waals surface area (Å²) in [6, 6.07) is 5.89. The molecule has 3 rings (SSSR count). The van der Waals surface area contributed by atoms with Gasteiger partial charge < -0.3 is 15.0 Å². The van der Waals surface area contributed by atoms with Crippen molar-refractivity contribution in [3.63, 3.8) is 0 Å². The summed E-state index contributed by atoms with van der Waals surface area (Å²) in [4.78, 5) is 22.7. The van der Waals surface area contributed by atoms with Crippen LogP contribution in [0.5, 0.6) is 5.88 Å². The summed E-state index contributed by atoms with van der Waals surface area (Å²) in [6.07, 6.45) is 3.26. The summed E-state index contributed by atoms with van der Waals surface area (Å²) >= 11 is 0. The Morgan fingerprint density at radius 3 is 3.09 bits per heavy atom. The normalized spacial score (nSPS) is 17.7. The van der Waals surface area contributed by atoms with Crippen molar-refractivity contribution in [3.05, 3.63) is 24.4 Å². The van der Waals surface area contributed by atoms with Crippen LogP contribution < -0.4 is 15.0 Å². The van der Waals surface area contributed by atoms with Crippen molar-refractivity contribution in [2.75, 3.05) is 25.1 Å². The zero-order valence-corrected chi connectivity index (χ0v) is 12.9. The van der Waals surface area contributed by atoms with E-state index >= 15 is 0 Å². The Bertz CT molecular complexity index is 689. The minimum Gasteiger partial charge on any atom is -0.481 e. The Morgan fingerprint density at radius 2 is 2.32 bits per heavy atom. The van der Waals surface area contributed by atoms with Gasteiger partial charge in [0.15, 0.2) is 0 Å². The molecule has 2 aromatic heterocycles. The van der Waals surface area contributed by atoms with Crippen molar-refractivity contribution >= 4 is 22.6 Å². The number of pyridine rings is 2. The van der Waals surface area contributed by atoms with E-state index in [1.54, 1.807) is 13.3 Å². The fourth-order valence-corrected chi connectivity index (χ4v) is 2.79. The predicted octanol–water partition coefficient (Wildman–Crippen LogP) is 1.74. The van der Waals surface area contributed by atoms with Crippen molar-refractivity contribution in [3.8, 4) is 5.88 Å². The Labute approximate surface area is 129 Å². The first-order chi connectivity index (χ1) is 10.7. The zero-order valence-electron chi connectivity index (χ0n) is 12.9. The topological polar surface area (TPSA) is 67.4 Å². The van der Waals surface area contributed by atoms with Crippen molar-refractivity contribution < 1.29 is 9.53 Å². The van der Waals surface area contributed by atoms with E-state index in [4.69, 9.17) is 4.74 Å². The molecule has 22 heavy (non-hydrogen) atoms. The van der Waals surface area contributed by atoms with Crippen molar-refractivity contribution in [1.29, 1.82) is 0 Å². The lowest BCUT2D eigenvalue weighted by atomic mass is 10.2. The highest BCUT2D eigenvalue weighted by atomic mass is 16.5. The molecule has 1 atom stereocenters. The number of carbonyl (C=O) groups is 1. The minimum atomic E-state index is 0.103. The van der Waals surface area contributed by atoms with Gasteiger partial charge in [0.2, 0.25) is 11.8 Å². The van der Waals surface area contributed by atoms with Crippen molar-refractivity contribution in [1.82, 2.24) is 15.3 Å². The van der Waals surface area contributed by atoms with Gasteiger partial charge in [0, 0.05) is 37.8 Å². The van der Waals surface area contributed by atoms with Crippen LogP contribution in [0.15, 0.2) is 24.4 Å². The molecule has 0 radical (unpaired) electrons. The van der Waals surface area contributed by atoms with Gasteiger partial charge in [-0.25, -0.2) is 4.98 Å². The second-order valence-corrected chi connectivity index (χ2v) is 5.40. The molecule has 1 amide bonds. The lowest BCUT2D eigenvalue weighted by Gasteiger charge is -2.20. The summed E-state index contributed by atoms with van der Waals surface area (Å²) in [5.41, 5.74) is 2.72. The number of hydrogen-bond acceptors (Lipinski definition) is 5. The maximum atomic E-state index is 11.5. The molecule has 1 saturated heterocycles. The third kappa shape index (κ3) is 2.81. The largest absolute Gasteiger partial charge is 0.481 e. The van der Waals surface area contributed by atoms with E-state index in [2.05, 4.69) is 20.2 Å². The Balaban J connectivity index is 1.86. The van der Waals surface area contributed by atoms with Gasteiger partial charge in [-0.05, 0) is 18.6 Å². The van der Waals surface area contributed by atoms with Gasteiger partial charge in [0.1, 0.15) is 5.52 Å². The van der Waals surface area contributed by atoms with Crippen LogP contribution in [-0.4, -0.2) is 42.1 Å². The van der Waals surface area contributed by atoms with Crippen molar-refractivity contribution in [2.45, 2.75) is 25.8 Å². The maximum Gasteiger partial charge on any atom is 0.219 e. The van der Waals surface area contributed by atoms with Gasteiger partial charge in [-0.15, -0.1) is 0 Å². The molecule has 1 N–H and O–H groups in total. The van der Waals surface area contributed by atoms with Crippen LogP contribution in [0.3, 0.4) is 0 Å². The van der Waals surface area contributed by atoms with Crippen LogP contribution in [0.1, 0.15) is 19.8 Å². The number of rotatable bonds is 4. The van der Waals surface area contributed by atoms with Crippen LogP contribution in [0.25, 0.3) is 11.0 Å². The number of carbonyl (C=O) groups excluding carboxylic acids is 1. The molecule has 6 nitrogen and oxygen atoms in total. The molecule has 1 aliphatic rings. The highest BCUT2D eigenvalue weighted by Gasteiger charge is 2.25. The number of fused-ring (bicyclic) bond motifs is 1. The van der Waals surface area contributed by atoms with Crippen LogP contribution >= 0.6 is 0 Å². The van der Waals surface area contributed by atoms with E-state index in [9.17, 15) is 4.79 Å². The van der Waals surface area contributed by atoms with Gasteiger partial charge in [-0.3, -0.25) is 9.78 Å². The smallest absolute Gasteiger partial charge is 0.219 e. The van der Waals surface area contributed by atoms with E-state index in [0.717, 1.165) is 36.2 Å². The molecule has 1 aliphatic heterocycles. The Hall–Kier alpha value is -2.37. The minimum absolute atomic E-state index is 0.103. The van der Waals surface area contributed by atoms with E-state index < -0.39 is 0 Å². The monoisotopic (exact) mass is 300 g/mol. The number of ether oxygens (including phenoxy) is 1. The van der Waals surface area contributed by atoms with Gasteiger partial charge >= 0.3 is 0 Å². The fraction of sp³-hybridized carbons (Fsp3) is 0.438. The standard InChI is InChI=1S/C16H20N4O2/c1-3-14(21)18-11-7-9-20(10-11)13-6-8-17-12-4-5-15(22-2)19-16(12)13/h4-6,8,11H,3,7,9-10H2,1-2H3,(H,18,21). The molecule has 2 aromatic rings. The van der Waals surface area contributed by atoms with E-state index in [-0.39, 0.29) is 11.9 Å². The van der Waals surface area contributed by atoms with Gasteiger partial charge in [0.05, 0.1) is 18.3 Å². The van der Waals surface area contributed by atoms with E-state index in [0.29, 0.717) is 12.3 Å². The lowest BCUT2D eigenvalue weighted by Crippen LogP contribution is -2.36. The molecule has 1 unspecified atom stereocenters. The predicted molar refractivity (Wildman–Crippen MR) is 85.1 cm³/mol. The average molecular weight is 300 g/mol. The van der Waals surface area contributed by atoms with Crippen LogP contribution in [-0.2, 0) is 4.79 Å². The molecule has 0 bridgehead atoms. The fourth-order valence-electron chi connectivity index (χ4n) is 2.79. The number of aromatic nitrogens is 2. The van der Waals surface area contributed by atoms with Crippen molar-refractivity contribution in [2.24, 2.45) is 0 Å². The van der Waals surface area contributed by atoms with E-state index in [1.807, 2.05) is 25.1 Å². The molecular weight excluding hydrogens is 280 g/mol. The number of methoxy groups -OCH3 is 1. The Morgan fingerprint density at radius 1 is 1.45 bits per heavy atom. The molecule has 0 saturated carbocycles. The quantitative estimate of drug-likeness (QED) is 0.931. The molecule has 3 heterocycles. The number of nitrogens with zero attached hydrogens (tertiary/aromatic N) is 3. The second-order valence-electron chi connectivity index (χ2n) is 5.40. The lowest BCUT2D eigenvalue weighted by molar-refractivity contribution is -0.121. The number of amides is 1. The SMILES string of the molecule is CCC(=O)NC1CCN(c2ccnc3ccc(OC)nc23)C1. The molecular formula is C16H20N4O2. The Kier molecular flexibility index (Phi) is 4.09. The molecule has 1 fully saturated rings. The van der Waals surface area contributed by atoms with Gasteiger partial charge in [-0.1, -0.05) is 6.92 Å². The first-order valence-electron chi connectivity index (χ1n) is 7.55. The first-order valence-corrected chi connectivity index (χ1v) is 7.55. The third-order valence-electron chi connectivity index (χ3n) is 3.96. The third-order valence-corrected chi connectivity index (χ3v) is 3.96. The molecule has 116 valence electrons. The summed E-state index contributed by atoms with van der Waals surface area (Å²) in [5.74, 6) is 0.683. The highest BCUT2D eigenvalue weighted by molar-refractivity contribution is 5.88. The van der Waals surface area contributed by atoms with Crippen LogP contribution in [0.4, 0.5) is 5.69 Å². The van der Waals surface area contributed by atoms with Gasteiger partial charge in [0.25, 0.3) is 0 Å². The maximum absolute atomic E-state index is 11.5. The summed E-state index contributed by atoms with van der Waals surface area (Å²) < 4.78 is 5.21. The number of nitrogens with one attached hydrogen (secondary N) is 1. The van der Waals surface area contributed by atoms with Crippen LogP contribution in [0.2, 0.25) is 0 Å². The zero-order chi connectivity index (χ0) is 15.5. The number of hydrogen-bond donors (Lipinski definition) is 1. The van der Waals surface area contributed by atoms with Crippen LogP contribution in [0, 0.1) is 0 Å².